The van der Waals surface area contributed by atoms with Gasteiger partial charge in [0.15, 0.2) is 11.6 Å². The van der Waals surface area contributed by atoms with Gasteiger partial charge in [0, 0.05) is 6.92 Å². The fourth-order valence-electron chi connectivity index (χ4n) is 1.08. The number of aliphatic carboxylic acids is 1. The summed E-state index contributed by atoms with van der Waals surface area (Å²) in [6, 6.07) is 5.46. The molecule has 5 heteroatoms. The molecule has 1 aromatic carbocycles. The summed E-state index contributed by atoms with van der Waals surface area (Å²) in [5.74, 6) is -3.98. The van der Waals surface area contributed by atoms with Gasteiger partial charge in [-0.05, 0) is 12.1 Å². The van der Waals surface area contributed by atoms with Crippen LogP contribution in [-0.4, -0.2) is 22.0 Å². The third kappa shape index (κ3) is 3.55. The first kappa shape index (κ1) is 11.5. The number of carboxylic acids is 1. The third-order valence-corrected chi connectivity index (χ3v) is 1.65. The van der Waals surface area contributed by atoms with Crippen LogP contribution in [-0.2, 0) is 4.79 Å². The van der Waals surface area contributed by atoms with Crippen LogP contribution in [0.25, 0.3) is 0 Å². The lowest BCUT2D eigenvalue weighted by atomic mass is 10.2. The van der Waals surface area contributed by atoms with Crippen LogP contribution in [0.1, 0.15) is 13.3 Å². The number of carbonyl (C=O) groups is 1. The molecule has 0 aliphatic rings. The van der Waals surface area contributed by atoms with Crippen LogP contribution in [0.2, 0.25) is 0 Å². The van der Waals surface area contributed by atoms with Crippen molar-refractivity contribution in [2.24, 2.45) is 0 Å². The molecule has 0 spiro atoms. The Hall–Kier alpha value is -1.62. The number of hydrogen-bond acceptors (Lipinski definition) is 3. The summed E-state index contributed by atoms with van der Waals surface area (Å²) >= 11 is 0. The van der Waals surface area contributed by atoms with E-state index in [1.807, 2.05) is 0 Å². The molecule has 0 aromatic heterocycles. The largest absolute Gasteiger partial charge is 0.481 e. The van der Waals surface area contributed by atoms with Gasteiger partial charge < -0.3 is 14.9 Å². The first-order valence-corrected chi connectivity index (χ1v) is 4.28. The smallest absolute Gasteiger partial charge is 0.310 e. The van der Waals surface area contributed by atoms with E-state index < -0.39 is 24.0 Å². The number of ether oxygens (including phenoxy) is 1. The molecule has 0 saturated heterocycles. The molecule has 0 saturated carbocycles. The fraction of sp³-hybridized carbons (Fsp3) is 0.300. The maximum absolute atomic E-state index is 13.1. The molecule has 0 heterocycles. The summed E-state index contributed by atoms with van der Waals surface area (Å²) in [4.78, 5) is 10.4. The summed E-state index contributed by atoms with van der Waals surface area (Å²) in [6.07, 6.45) is -0.624. The molecule has 4 nitrogen and oxygen atoms in total. The maximum Gasteiger partial charge on any atom is 0.310 e. The number of hydrogen-bond donors (Lipinski definition) is 2. The number of halogens is 1. The van der Waals surface area contributed by atoms with E-state index in [1.54, 1.807) is 0 Å². The Labute approximate surface area is 85.9 Å². The highest BCUT2D eigenvalue weighted by atomic mass is 19.1. The van der Waals surface area contributed by atoms with Gasteiger partial charge >= 0.3 is 5.97 Å². The molecule has 1 atom stereocenters. The first-order valence-electron chi connectivity index (χ1n) is 4.28. The second kappa shape index (κ2) is 4.27. The molecule has 0 fully saturated rings. The van der Waals surface area contributed by atoms with E-state index in [0.717, 1.165) is 13.0 Å². The quantitative estimate of drug-likeness (QED) is 0.743. The molecule has 1 rings (SSSR count). The Balaban J connectivity index is 2.77. The van der Waals surface area contributed by atoms with Crippen LogP contribution >= 0.6 is 0 Å². The van der Waals surface area contributed by atoms with Crippen molar-refractivity contribution in [3.8, 4) is 5.75 Å². The van der Waals surface area contributed by atoms with E-state index in [0.29, 0.717) is 0 Å². The van der Waals surface area contributed by atoms with E-state index in [1.165, 1.54) is 18.2 Å². The molecule has 1 unspecified atom stereocenters. The van der Waals surface area contributed by atoms with Gasteiger partial charge in [0.2, 0.25) is 5.79 Å². The van der Waals surface area contributed by atoms with Gasteiger partial charge in [-0.25, -0.2) is 4.39 Å². The van der Waals surface area contributed by atoms with Crippen molar-refractivity contribution in [1.29, 1.82) is 0 Å². The minimum Gasteiger partial charge on any atom is -0.481 e. The van der Waals surface area contributed by atoms with Crippen LogP contribution in [0.4, 0.5) is 4.39 Å². The molecule has 0 radical (unpaired) electrons. The van der Waals surface area contributed by atoms with Crippen molar-refractivity contribution >= 4 is 5.97 Å². The van der Waals surface area contributed by atoms with Crippen molar-refractivity contribution in [2.45, 2.75) is 19.1 Å². The average Bonchev–Trinajstić information content (AvgIpc) is 2.06. The number of para-hydroxylation sites is 1. The number of benzene rings is 1. The standard InChI is InChI=1S/C10H11FO4/c1-10(14,6-9(12)13)15-8-5-3-2-4-7(8)11/h2-5,14H,6H2,1H3,(H,12,13). The minimum absolute atomic E-state index is 0.177. The van der Waals surface area contributed by atoms with Crippen molar-refractivity contribution in [3.63, 3.8) is 0 Å². The van der Waals surface area contributed by atoms with E-state index in [2.05, 4.69) is 0 Å². The van der Waals surface area contributed by atoms with E-state index in [-0.39, 0.29) is 5.75 Å². The summed E-state index contributed by atoms with van der Waals surface area (Å²) in [5, 5.41) is 18.0. The molecule has 2 N–H and O–H groups in total. The summed E-state index contributed by atoms with van der Waals surface area (Å²) in [5.41, 5.74) is 0. The van der Waals surface area contributed by atoms with Crippen LogP contribution in [0.15, 0.2) is 24.3 Å². The van der Waals surface area contributed by atoms with Gasteiger partial charge in [-0.1, -0.05) is 12.1 Å². The predicted octanol–water partition coefficient (Wildman–Crippen LogP) is 1.39. The monoisotopic (exact) mass is 214 g/mol. The highest BCUT2D eigenvalue weighted by Gasteiger charge is 2.27. The molecule has 0 amide bonds. The van der Waals surface area contributed by atoms with Gasteiger partial charge in [0.25, 0.3) is 0 Å². The van der Waals surface area contributed by atoms with Gasteiger partial charge in [-0.2, -0.15) is 0 Å². The van der Waals surface area contributed by atoms with Crippen molar-refractivity contribution < 1.29 is 24.1 Å². The van der Waals surface area contributed by atoms with Gasteiger partial charge in [-0.15, -0.1) is 0 Å². The molecule has 0 bridgehead atoms. The molecule has 0 aliphatic heterocycles. The maximum atomic E-state index is 13.1. The van der Waals surface area contributed by atoms with E-state index in [4.69, 9.17) is 9.84 Å². The zero-order valence-corrected chi connectivity index (χ0v) is 8.11. The summed E-state index contributed by atoms with van der Waals surface area (Å²) in [7, 11) is 0. The third-order valence-electron chi connectivity index (χ3n) is 1.65. The highest BCUT2D eigenvalue weighted by molar-refractivity contribution is 5.67. The second-order valence-corrected chi connectivity index (χ2v) is 3.28. The number of rotatable bonds is 4. The summed E-state index contributed by atoms with van der Waals surface area (Å²) < 4.78 is 17.9. The van der Waals surface area contributed by atoms with Crippen molar-refractivity contribution in [2.75, 3.05) is 0 Å². The summed E-state index contributed by atoms with van der Waals surface area (Å²) in [6.45, 7) is 1.16. The Morgan fingerprint density at radius 3 is 2.67 bits per heavy atom. The SMILES string of the molecule is CC(O)(CC(=O)O)Oc1ccccc1F. The van der Waals surface area contributed by atoms with Crippen LogP contribution in [0.3, 0.4) is 0 Å². The van der Waals surface area contributed by atoms with Crippen LogP contribution in [0, 0.1) is 5.82 Å². The van der Waals surface area contributed by atoms with Gasteiger partial charge in [-0.3, -0.25) is 4.79 Å². The predicted molar refractivity (Wildman–Crippen MR) is 49.9 cm³/mol. The van der Waals surface area contributed by atoms with E-state index in [9.17, 15) is 14.3 Å². The Morgan fingerprint density at radius 2 is 2.13 bits per heavy atom. The van der Waals surface area contributed by atoms with Crippen LogP contribution < -0.4 is 4.74 Å². The molecular formula is C10H11FO4. The Bertz CT molecular complexity index is 362. The lowest BCUT2D eigenvalue weighted by molar-refractivity contribution is -0.162. The molecule has 1 aromatic rings. The Kier molecular flexibility index (Phi) is 3.26. The number of carboxylic acid groups (broad SMARTS) is 1. The Morgan fingerprint density at radius 1 is 1.53 bits per heavy atom. The topological polar surface area (TPSA) is 66.8 Å². The fourth-order valence-corrected chi connectivity index (χ4v) is 1.08. The lowest BCUT2D eigenvalue weighted by Crippen LogP contribution is -2.34. The molecule has 82 valence electrons. The van der Waals surface area contributed by atoms with Crippen LogP contribution in [0.5, 0.6) is 5.75 Å². The second-order valence-electron chi connectivity index (χ2n) is 3.28. The minimum atomic E-state index is -1.92. The zero-order chi connectivity index (χ0) is 11.5. The van der Waals surface area contributed by atoms with E-state index >= 15 is 0 Å². The lowest BCUT2D eigenvalue weighted by Gasteiger charge is -2.22. The molecule has 0 aliphatic carbocycles. The van der Waals surface area contributed by atoms with Crippen molar-refractivity contribution in [3.05, 3.63) is 30.1 Å². The first-order chi connectivity index (χ1) is 6.91. The normalized spacial score (nSPS) is 14.3. The average molecular weight is 214 g/mol. The van der Waals surface area contributed by atoms with Crippen molar-refractivity contribution in [1.82, 2.24) is 0 Å². The van der Waals surface area contributed by atoms with Gasteiger partial charge in [0.1, 0.15) is 6.42 Å². The number of aliphatic hydroxyl groups is 1. The zero-order valence-electron chi connectivity index (χ0n) is 8.11. The molecule has 15 heavy (non-hydrogen) atoms. The molecular weight excluding hydrogens is 203 g/mol. The highest BCUT2D eigenvalue weighted by Crippen LogP contribution is 2.22. The van der Waals surface area contributed by atoms with Gasteiger partial charge in [0.05, 0.1) is 0 Å².